The van der Waals surface area contributed by atoms with Gasteiger partial charge in [0.2, 0.25) is 5.91 Å². The van der Waals surface area contributed by atoms with Gasteiger partial charge in [0.05, 0.1) is 6.54 Å². The predicted octanol–water partition coefficient (Wildman–Crippen LogP) is 0.245. The molecule has 0 aromatic rings. The molecule has 0 radical (unpaired) electrons. The summed E-state index contributed by atoms with van der Waals surface area (Å²) in [4.78, 5) is 17.5. The Morgan fingerprint density at radius 2 is 2.31 bits per heavy atom. The highest BCUT2D eigenvalue weighted by molar-refractivity contribution is 5.78. The van der Waals surface area contributed by atoms with Crippen LogP contribution in [0.15, 0.2) is 4.99 Å². The molecule has 0 spiro atoms. The maximum Gasteiger partial charge on any atom is 0.234 e. The molecule has 13 heavy (non-hydrogen) atoms. The lowest BCUT2D eigenvalue weighted by Crippen LogP contribution is -2.55. The zero-order valence-corrected chi connectivity index (χ0v) is 8.50. The standard InChI is InChI=1S/C9H17N3O/c1-4-11-9(2,3)12-6-5-10-8(13)7-12/h4H,5-7H2,1-3H3,(H,10,13). The highest BCUT2D eigenvalue weighted by Crippen LogP contribution is 2.15. The number of amides is 1. The number of nitrogens with one attached hydrogen (secondary N) is 1. The van der Waals surface area contributed by atoms with E-state index in [4.69, 9.17) is 0 Å². The number of aliphatic imine (C=N–C) groups is 1. The molecule has 0 bridgehead atoms. The van der Waals surface area contributed by atoms with E-state index < -0.39 is 0 Å². The van der Waals surface area contributed by atoms with Crippen molar-refractivity contribution >= 4 is 12.1 Å². The average molecular weight is 183 g/mol. The second-order valence-electron chi connectivity index (χ2n) is 3.65. The Hall–Kier alpha value is -0.900. The van der Waals surface area contributed by atoms with Crippen LogP contribution in [0.5, 0.6) is 0 Å². The molecular weight excluding hydrogens is 166 g/mol. The summed E-state index contributed by atoms with van der Waals surface area (Å²) >= 11 is 0. The first-order chi connectivity index (χ1) is 6.06. The number of carbonyl (C=O) groups is 1. The van der Waals surface area contributed by atoms with E-state index in [9.17, 15) is 4.79 Å². The summed E-state index contributed by atoms with van der Waals surface area (Å²) in [6.45, 7) is 7.98. The van der Waals surface area contributed by atoms with Crippen molar-refractivity contribution in [3.8, 4) is 0 Å². The van der Waals surface area contributed by atoms with Gasteiger partial charge in [-0.15, -0.1) is 0 Å². The largest absolute Gasteiger partial charge is 0.354 e. The molecule has 4 nitrogen and oxygen atoms in total. The van der Waals surface area contributed by atoms with E-state index in [1.807, 2.05) is 20.8 Å². The highest BCUT2D eigenvalue weighted by Gasteiger charge is 2.29. The minimum Gasteiger partial charge on any atom is -0.354 e. The Kier molecular flexibility index (Phi) is 3.03. The molecule has 0 aromatic heterocycles. The number of rotatable bonds is 2. The van der Waals surface area contributed by atoms with Gasteiger partial charge in [-0.3, -0.25) is 14.7 Å². The summed E-state index contributed by atoms with van der Waals surface area (Å²) in [5.74, 6) is 0.0885. The summed E-state index contributed by atoms with van der Waals surface area (Å²) in [6, 6.07) is 0. The first-order valence-electron chi connectivity index (χ1n) is 4.58. The summed E-state index contributed by atoms with van der Waals surface area (Å²) in [6.07, 6.45) is 1.78. The maximum atomic E-state index is 11.1. The maximum absolute atomic E-state index is 11.1. The molecule has 1 rings (SSSR count). The van der Waals surface area contributed by atoms with E-state index in [0.717, 1.165) is 13.1 Å². The molecule has 0 unspecified atom stereocenters. The molecule has 4 heteroatoms. The Morgan fingerprint density at radius 1 is 1.62 bits per heavy atom. The molecule has 0 saturated carbocycles. The Balaban J connectivity index is 2.64. The zero-order valence-electron chi connectivity index (χ0n) is 8.50. The predicted molar refractivity (Wildman–Crippen MR) is 52.8 cm³/mol. The van der Waals surface area contributed by atoms with Gasteiger partial charge < -0.3 is 5.32 Å². The quantitative estimate of drug-likeness (QED) is 0.623. The number of carbonyl (C=O) groups excluding carboxylic acids is 1. The molecule has 0 atom stereocenters. The second-order valence-corrected chi connectivity index (χ2v) is 3.65. The molecule has 1 amide bonds. The van der Waals surface area contributed by atoms with Gasteiger partial charge in [0.1, 0.15) is 5.66 Å². The van der Waals surface area contributed by atoms with Crippen LogP contribution in [0.3, 0.4) is 0 Å². The molecular formula is C9H17N3O. The third-order valence-corrected chi connectivity index (χ3v) is 2.26. The zero-order chi connectivity index (χ0) is 9.90. The lowest BCUT2D eigenvalue weighted by atomic mass is 10.2. The van der Waals surface area contributed by atoms with Crippen LogP contribution in [0.2, 0.25) is 0 Å². The summed E-state index contributed by atoms with van der Waals surface area (Å²) < 4.78 is 0. The van der Waals surface area contributed by atoms with Crippen LogP contribution in [-0.2, 0) is 4.79 Å². The first-order valence-corrected chi connectivity index (χ1v) is 4.58. The van der Waals surface area contributed by atoms with E-state index in [2.05, 4.69) is 15.2 Å². The topological polar surface area (TPSA) is 44.7 Å². The van der Waals surface area contributed by atoms with Crippen molar-refractivity contribution in [2.45, 2.75) is 26.4 Å². The van der Waals surface area contributed by atoms with Crippen molar-refractivity contribution in [3.05, 3.63) is 0 Å². The smallest absolute Gasteiger partial charge is 0.234 e. The number of piperazine rings is 1. The molecule has 0 aliphatic carbocycles. The van der Waals surface area contributed by atoms with Gasteiger partial charge in [-0.1, -0.05) is 0 Å². The lowest BCUT2D eigenvalue weighted by molar-refractivity contribution is -0.126. The van der Waals surface area contributed by atoms with Gasteiger partial charge >= 0.3 is 0 Å². The monoisotopic (exact) mass is 183 g/mol. The fourth-order valence-corrected chi connectivity index (χ4v) is 1.50. The normalized spacial score (nSPS) is 20.7. The summed E-state index contributed by atoms with van der Waals surface area (Å²) in [5, 5.41) is 2.79. The van der Waals surface area contributed by atoms with Gasteiger partial charge in [0.25, 0.3) is 0 Å². The van der Waals surface area contributed by atoms with Crippen molar-refractivity contribution in [3.63, 3.8) is 0 Å². The van der Waals surface area contributed by atoms with Gasteiger partial charge in [-0.2, -0.15) is 0 Å². The molecule has 1 aliphatic rings. The van der Waals surface area contributed by atoms with Crippen molar-refractivity contribution in [1.82, 2.24) is 10.2 Å². The molecule has 1 heterocycles. The van der Waals surface area contributed by atoms with Crippen LogP contribution in [0, 0.1) is 0 Å². The lowest BCUT2D eigenvalue weighted by Gasteiger charge is -2.37. The Morgan fingerprint density at radius 3 is 2.85 bits per heavy atom. The average Bonchev–Trinajstić information content (AvgIpc) is 2.04. The van der Waals surface area contributed by atoms with Crippen molar-refractivity contribution in [1.29, 1.82) is 0 Å². The van der Waals surface area contributed by atoms with Crippen molar-refractivity contribution in [2.75, 3.05) is 19.6 Å². The third-order valence-electron chi connectivity index (χ3n) is 2.26. The van der Waals surface area contributed by atoms with Gasteiger partial charge in [-0.05, 0) is 27.0 Å². The highest BCUT2D eigenvalue weighted by atomic mass is 16.2. The minimum absolute atomic E-state index is 0.0885. The van der Waals surface area contributed by atoms with Crippen LogP contribution in [0.1, 0.15) is 20.8 Å². The number of hydrogen-bond acceptors (Lipinski definition) is 3. The van der Waals surface area contributed by atoms with E-state index in [1.54, 1.807) is 6.21 Å². The van der Waals surface area contributed by atoms with Crippen molar-refractivity contribution < 1.29 is 4.79 Å². The Bertz CT molecular complexity index is 223. The molecule has 1 fully saturated rings. The van der Waals surface area contributed by atoms with E-state index in [0.29, 0.717) is 6.54 Å². The molecule has 1 N–H and O–H groups in total. The van der Waals surface area contributed by atoms with Crippen LogP contribution in [0.4, 0.5) is 0 Å². The first kappa shape index (κ1) is 10.2. The SMILES string of the molecule is CC=NC(C)(C)N1CCNC(=O)C1. The molecule has 1 saturated heterocycles. The molecule has 1 aliphatic heterocycles. The fourth-order valence-electron chi connectivity index (χ4n) is 1.50. The van der Waals surface area contributed by atoms with Crippen LogP contribution < -0.4 is 5.32 Å². The molecule has 0 aromatic carbocycles. The molecule has 74 valence electrons. The third kappa shape index (κ3) is 2.52. The van der Waals surface area contributed by atoms with Gasteiger partial charge in [0, 0.05) is 13.1 Å². The van der Waals surface area contributed by atoms with E-state index >= 15 is 0 Å². The summed E-state index contributed by atoms with van der Waals surface area (Å²) in [5.41, 5.74) is -0.257. The van der Waals surface area contributed by atoms with E-state index in [1.165, 1.54) is 0 Å². The fraction of sp³-hybridized carbons (Fsp3) is 0.778. The van der Waals surface area contributed by atoms with Crippen LogP contribution >= 0.6 is 0 Å². The minimum atomic E-state index is -0.257. The van der Waals surface area contributed by atoms with Crippen molar-refractivity contribution in [2.24, 2.45) is 4.99 Å². The van der Waals surface area contributed by atoms with Crippen LogP contribution in [-0.4, -0.2) is 42.3 Å². The Labute approximate surface area is 79.0 Å². The van der Waals surface area contributed by atoms with Crippen LogP contribution in [0.25, 0.3) is 0 Å². The van der Waals surface area contributed by atoms with Gasteiger partial charge in [-0.25, -0.2) is 0 Å². The van der Waals surface area contributed by atoms with Gasteiger partial charge in [0.15, 0.2) is 0 Å². The second kappa shape index (κ2) is 3.87. The van der Waals surface area contributed by atoms with E-state index in [-0.39, 0.29) is 11.6 Å². The summed E-state index contributed by atoms with van der Waals surface area (Å²) in [7, 11) is 0. The number of hydrogen-bond donors (Lipinski definition) is 1. The number of nitrogens with zero attached hydrogens (tertiary/aromatic N) is 2.